The molecule has 1 saturated carbocycles. The Hall–Kier alpha value is -0.610. The molecule has 0 aromatic carbocycles. The molecule has 3 N–H and O–H groups in total. The SMILES string of the molecule is NC1(CNC(=O)C2CC2)CCOCC1. The third-order valence-corrected chi connectivity index (χ3v) is 3.05. The number of nitrogens with one attached hydrogen (secondary N) is 1. The van der Waals surface area contributed by atoms with Gasteiger partial charge in [-0.3, -0.25) is 4.79 Å². The molecule has 0 atom stereocenters. The van der Waals surface area contributed by atoms with Crippen LogP contribution in [-0.4, -0.2) is 31.2 Å². The number of rotatable bonds is 3. The van der Waals surface area contributed by atoms with Gasteiger partial charge < -0.3 is 15.8 Å². The summed E-state index contributed by atoms with van der Waals surface area (Å²) in [7, 11) is 0. The van der Waals surface area contributed by atoms with E-state index >= 15 is 0 Å². The van der Waals surface area contributed by atoms with Gasteiger partial charge in [-0.25, -0.2) is 0 Å². The minimum absolute atomic E-state index is 0.182. The van der Waals surface area contributed by atoms with Crippen LogP contribution in [0.4, 0.5) is 0 Å². The van der Waals surface area contributed by atoms with Gasteiger partial charge in [0.25, 0.3) is 0 Å². The molecule has 1 aliphatic heterocycles. The molecule has 4 heteroatoms. The van der Waals surface area contributed by atoms with Gasteiger partial charge in [-0.2, -0.15) is 0 Å². The fraction of sp³-hybridized carbons (Fsp3) is 0.900. The van der Waals surface area contributed by atoms with Crippen molar-refractivity contribution < 1.29 is 9.53 Å². The van der Waals surface area contributed by atoms with Crippen molar-refractivity contribution >= 4 is 5.91 Å². The van der Waals surface area contributed by atoms with E-state index < -0.39 is 0 Å². The van der Waals surface area contributed by atoms with E-state index in [2.05, 4.69) is 5.32 Å². The van der Waals surface area contributed by atoms with Gasteiger partial charge in [0.15, 0.2) is 0 Å². The van der Waals surface area contributed by atoms with Gasteiger partial charge >= 0.3 is 0 Å². The van der Waals surface area contributed by atoms with Gasteiger partial charge in [0.1, 0.15) is 0 Å². The zero-order valence-corrected chi connectivity index (χ0v) is 8.42. The molecule has 2 fully saturated rings. The maximum Gasteiger partial charge on any atom is 0.223 e. The molecule has 80 valence electrons. The van der Waals surface area contributed by atoms with Gasteiger partial charge in [-0.1, -0.05) is 0 Å². The van der Waals surface area contributed by atoms with Crippen molar-refractivity contribution in [3.63, 3.8) is 0 Å². The number of hydrogen-bond acceptors (Lipinski definition) is 3. The fourth-order valence-electron chi connectivity index (χ4n) is 1.71. The fourth-order valence-corrected chi connectivity index (χ4v) is 1.71. The molecule has 0 radical (unpaired) electrons. The van der Waals surface area contributed by atoms with E-state index in [0.717, 1.165) is 38.9 Å². The smallest absolute Gasteiger partial charge is 0.223 e. The van der Waals surface area contributed by atoms with Crippen LogP contribution >= 0.6 is 0 Å². The number of nitrogens with two attached hydrogens (primary N) is 1. The van der Waals surface area contributed by atoms with E-state index in [1.807, 2.05) is 0 Å². The second-order valence-corrected chi connectivity index (χ2v) is 4.47. The summed E-state index contributed by atoms with van der Waals surface area (Å²) in [6, 6.07) is 0. The van der Waals surface area contributed by atoms with Crippen LogP contribution in [0.2, 0.25) is 0 Å². The molecule has 1 aliphatic carbocycles. The van der Waals surface area contributed by atoms with Crippen LogP contribution in [0.5, 0.6) is 0 Å². The molecule has 0 aromatic rings. The van der Waals surface area contributed by atoms with E-state index in [1.54, 1.807) is 0 Å². The molecule has 1 heterocycles. The van der Waals surface area contributed by atoms with Crippen LogP contribution in [0.25, 0.3) is 0 Å². The summed E-state index contributed by atoms with van der Waals surface area (Å²) in [5.74, 6) is 0.458. The number of ether oxygens (including phenoxy) is 1. The Morgan fingerprint density at radius 3 is 2.64 bits per heavy atom. The van der Waals surface area contributed by atoms with Gasteiger partial charge in [0.2, 0.25) is 5.91 Å². The molecule has 1 saturated heterocycles. The maximum absolute atomic E-state index is 11.4. The lowest BCUT2D eigenvalue weighted by atomic mass is 9.91. The minimum Gasteiger partial charge on any atom is -0.381 e. The molecule has 0 aromatic heterocycles. The molecule has 14 heavy (non-hydrogen) atoms. The predicted molar refractivity (Wildman–Crippen MR) is 52.7 cm³/mol. The van der Waals surface area contributed by atoms with Crippen molar-refractivity contribution in [3.05, 3.63) is 0 Å². The van der Waals surface area contributed by atoms with Crippen molar-refractivity contribution in [1.82, 2.24) is 5.32 Å². The lowest BCUT2D eigenvalue weighted by Gasteiger charge is -2.33. The number of amides is 1. The van der Waals surface area contributed by atoms with Crippen LogP contribution in [0.3, 0.4) is 0 Å². The quantitative estimate of drug-likeness (QED) is 0.672. The van der Waals surface area contributed by atoms with Crippen LogP contribution < -0.4 is 11.1 Å². The van der Waals surface area contributed by atoms with Gasteiger partial charge in [-0.15, -0.1) is 0 Å². The predicted octanol–water partition coefficient (Wildman–Crippen LogP) is 0.0205. The first-order valence-electron chi connectivity index (χ1n) is 5.34. The zero-order chi connectivity index (χ0) is 10.0. The third kappa shape index (κ3) is 2.45. The molecule has 0 bridgehead atoms. The number of carbonyl (C=O) groups is 1. The highest BCUT2D eigenvalue weighted by Gasteiger charge is 2.33. The molecular formula is C10H18N2O2. The van der Waals surface area contributed by atoms with E-state index in [9.17, 15) is 4.79 Å². The summed E-state index contributed by atoms with van der Waals surface area (Å²) in [6.07, 6.45) is 3.79. The van der Waals surface area contributed by atoms with E-state index in [4.69, 9.17) is 10.5 Å². The standard InChI is InChI=1S/C10H18N2O2/c11-10(3-5-14-6-4-10)7-12-9(13)8-1-2-8/h8H,1-7,11H2,(H,12,13). The summed E-state index contributed by atoms with van der Waals surface area (Å²) < 4.78 is 5.24. The summed E-state index contributed by atoms with van der Waals surface area (Å²) in [4.78, 5) is 11.4. The molecule has 1 amide bonds. The average Bonchev–Trinajstić information content (AvgIpc) is 2.99. The molecular weight excluding hydrogens is 180 g/mol. The highest BCUT2D eigenvalue weighted by molar-refractivity contribution is 5.80. The summed E-state index contributed by atoms with van der Waals surface area (Å²) in [6.45, 7) is 2.04. The second-order valence-electron chi connectivity index (χ2n) is 4.47. The molecule has 2 rings (SSSR count). The molecule has 4 nitrogen and oxygen atoms in total. The average molecular weight is 198 g/mol. The van der Waals surface area contributed by atoms with Crippen molar-refractivity contribution in [2.45, 2.75) is 31.2 Å². The summed E-state index contributed by atoms with van der Waals surface area (Å²) in [5, 5.41) is 2.94. The van der Waals surface area contributed by atoms with Crippen molar-refractivity contribution in [3.8, 4) is 0 Å². The van der Waals surface area contributed by atoms with Crippen LogP contribution in [-0.2, 0) is 9.53 Å². The Bertz CT molecular complexity index is 220. The highest BCUT2D eigenvalue weighted by Crippen LogP contribution is 2.29. The Morgan fingerprint density at radius 2 is 2.07 bits per heavy atom. The Morgan fingerprint density at radius 1 is 1.43 bits per heavy atom. The van der Waals surface area contributed by atoms with E-state index in [0.29, 0.717) is 6.54 Å². The number of hydrogen-bond donors (Lipinski definition) is 2. The first kappa shape index (κ1) is 9.93. The Labute approximate surface area is 84.2 Å². The van der Waals surface area contributed by atoms with Crippen LogP contribution in [0.1, 0.15) is 25.7 Å². The lowest BCUT2D eigenvalue weighted by Crippen LogP contribution is -2.53. The van der Waals surface area contributed by atoms with Crippen molar-refractivity contribution in [2.75, 3.05) is 19.8 Å². The summed E-state index contributed by atoms with van der Waals surface area (Å²) in [5.41, 5.74) is 5.90. The Kier molecular flexibility index (Phi) is 2.74. The van der Waals surface area contributed by atoms with E-state index in [1.165, 1.54) is 0 Å². The zero-order valence-electron chi connectivity index (χ0n) is 8.42. The first-order valence-corrected chi connectivity index (χ1v) is 5.34. The van der Waals surface area contributed by atoms with Crippen LogP contribution in [0, 0.1) is 5.92 Å². The van der Waals surface area contributed by atoms with Gasteiger partial charge in [0.05, 0.1) is 0 Å². The monoisotopic (exact) mass is 198 g/mol. The minimum atomic E-state index is -0.233. The first-order chi connectivity index (χ1) is 6.70. The van der Waals surface area contributed by atoms with Gasteiger partial charge in [0, 0.05) is 31.2 Å². The second kappa shape index (κ2) is 3.87. The molecule has 2 aliphatic rings. The van der Waals surface area contributed by atoms with Crippen molar-refractivity contribution in [1.29, 1.82) is 0 Å². The van der Waals surface area contributed by atoms with Gasteiger partial charge in [-0.05, 0) is 25.7 Å². The lowest BCUT2D eigenvalue weighted by molar-refractivity contribution is -0.122. The third-order valence-electron chi connectivity index (χ3n) is 3.05. The molecule has 0 spiro atoms. The highest BCUT2D eigenvalue weighted by atomic mass is 16.5. The normalized spacial score (nSPS) is 25.8. The van der Waals surface area contributed by atoms with Crippen molar-refractivity contribution in [2.24, 2.45) is 11.7 Å². The topological polar surface area (TPSA) is 64.3 Å². The molecule has 0 unspecified atom stereocenters. The Balaban J connectivity index is 1.74. The summed E-state index contributed by atoms with van der Waals surface area (Å²) >= 11 is 0. The maximum atomic E-state index is 11.4. The largest absolute Gasteiger partial charge is 0.381 e. The van der Waals surface area contributed by atoms with Crippen LogP contribution in [0.15, 0.2) is 0 Å². The van der Waals surface area contributed by atoms with E-state index in [-0.39, 0.29) is 17.4 Å². The number of carbonyl (C=O) groups excluding carboxylic acids is 1.